The largest absolute Gasteiger partial charge is 0.320 e. The molecule has 0 radical (unpaired) electrons. The van der Waals surface area contributed by atoms with Crippen molar-refractivity contribution in [2.24, 2.45) is 5.73 Å². The molecule has 5 heteroatoms. The normalized spacial score (nSPS) is 22.9. The van der Waals surface area contributed by atoms with Gasteiger partial charge < -0.3 is 5.73 Å². The Kier molecular flexibility index (Phi) is 1.82. The monoisotopic (exact) mass is 202 g/mol. The molecule has 1 aliphatic carbocycles. The highest BCUT2D eigenvalue weighted by atomic mass is 19.3. The van der Waals surface area contributed by atoms with E-state index in [-0.39, 0.29) is 5.69 Å². The van der Waals surface area contributed by atoms with Crippen LogP contribution in [0.3, 0.4) is 0 Å². The molecular formula is C9H9F3N2. The predicted molar refractivity (Wildman–Crippen MR) is 44.2 cm³/mol. The molecule has 76 valence electrons. The van der Waals surface area contributed by atoms with Crippen LogP contribution in [0.4, 0.5) is 13.2 Å². The predicted octanol–water partition coefficient (Wildman–Crippen LogP) is 1.80. The van der Waals surface area contributed by atoms with Gasteiger partial charge in [0.2, 0.25) is 0 Å². The maximum Gasteiger partial charge on any atom is 0.252 e. The molecule has 0 amide bonds. The van der Waals surface area contributed by atoms with E-state index in [1.807, 2.05) is 0 Å². The van der Waals surface area contributed by atoms with Crippen LogP contribution in [-0.2, 0) is 5.54 Å². The van der Waals surface area contributed by atoms with Crippen molar-refractivity contribution in [2.45, 2.75) is 24.3 Å². The maximum absolute atomic E-state index is 13.2. The molecule has 2 rings (SSSR count). The van der Waals surface area contributed by atoms with Gasteiger partial charge in [-0.25, -0.2) is 13.2 Å². The standard InChI is InChI=1S/C9H9F3N2/c10-6-2-1-3-14-7(6)8(13)4-9(11,12)5-8/h1-3H,4-5,13H2. The molecule has 0 saturated heterocycles. The van der Waals surface area contributed by atoms with E-state index >= 15 is 0 Å². The SMILES string of the molecule is NC1(c2ncccc2F)CC(F)(F)C1. The number of halogens is 3. The Morgan fingerprint density at radius 3 is 2.50 bits per heavy atom. The molecule has 0 unspecified atom stereocenters. The molecule has 1 saturated carbocycles. The Labute approximate surface area is 78.9 Å². The van der Waals surface area contributed by atoms with Crippen LogP contribution in [0.5, 0.6) is 0 Å². The summed E-state index contributed by atoms with van der Waals surface area (Å²) in [5.41, 5.74) is 4.26. The zero-order valence-corrected chi connectivity index (χ0v) is 7.30. The molecule has 1 fully saturated rings. The summed E-state index contributed by atoms with van der Waals surface area (Å²) < 4.78 is 38.4. The molecule has 0 atom stereocenters. The lowest BCUT2D eigenvalue weighted by Crippen LogP contribution is -2.56. The first-order chi connectivity index (χ1) is 6.43. The van der Waals surface area contributed by atoms with Crippen molar-refractivity contribution in [1.29, 1.82) is 0 Å². The molecule has 2 nitrogen and oxygen atoms in total. The second kappa shape index (κ2) is 2.70. The zero-order chi connectivity index (χ0) is 10.4. The van der Waals surface area contributed by atoms with Crippen molar-refractivity contribution in [2.75, 3.05) is 0 Å². The Bertz CT molecular complexity index is 357. The Balaban J connectivity index is 2.30. The van der Waals surface area contributed by atoms with Crippen LogP contribution in [0.25, 0.3) is 0 Å². The van der Waals surface area contributed by atoms with Crippen LogP contribution in [0.15, 0.2) is 18.3 Å². The molecule has 0 aromatic carbocycles. The molecule has 0 bridgehead atoms. The lowest BCUT2D eigenvalue weighted by atomic mass is 9.72. The fourth-order valence-electron chi connectivity index (χ4n) is 1.79. The van der Waals surface area contributed by atoms with Gasteiger partial charge in [0.15, 0.2) is 0 Å². The third kappa shape index (κ3) is 1.37. The highest BCUT2D eigenvalue weighted by molar-refractivity contribution is 5.23. The first-order valence-electron chi connectivity index (χ1n) is 4.21. The second-order valence-corrected chi connectivity index (χ2v) is 3.70. The minimum atomic E-state index is -2.78. The highest BCUT2D eigenvalue weighted by Gasteiger charge is 2.56. The van der Waals surface area contributed by atoms with Gasteiger partial charge in [0.25, 0.3) is 5.92 Å². The molecule has 1 aliphatic rings. The van der Waals surface area contributed by atoms with Crippen molar-refractivity contribution in [3.63, 3.8) is 0 Å². The molecule has 0 spiro atoms. The summed E-state index contributed by atoms with van der Waals surface area (Å²) in [4.78, 5) is 3.70. The number of pyridine rings is 1. The minimum Gasteiger partial charge on any atom is -0.320 e. The number of nitrogens with zero attached hydrogens (tertiary/aromatic N) is 1. The Morgan fingerprint density at radius 1 is 1.36 bits per heavy atom. The van der Waals surface area contributed by atoms with Gasteiger partial charge in [0.1, 0.15) is 5.82 Å². The lowest BCUT2D eigenvalue weighted by molar-refractivity contribution is -0.127. The number of hydrogen-bond acceptors (Lipinski definition) is 2. The summed E-state index contributed by atoms with van der Waals surface area (Å²) >= 11 is 0. The summed E-state index contributed by atoms with van der Waals surface area (Å²) in [6.07, 6.45) is 0.283. The summed E-state index contributed by atoms with van der Waals surface area (Å²) in [6.45, 7) is 0. The smallest absolute Gasteiger partial charge is 0.252 e. The zero-order valence-electron chi connectivity index (χ0n) is 7.30. The van der Waals surface area contributed by atoms with Crippen LogP contribution in [0.1, 0.15) is 18.5 Å². The average molecular weight is 202 g/mol. The van der Waals surface area contributed by atoms with Gasteiger partial charge in [-0.3, -0.25) is 4.98 Å². The number of alkyl halides is 2. The summed E-state index contributed by atoms with van der Waals surface area (Å²) in [7, 11) is 0. The number of hydrogen-bond donors (Lipinski definition) is 1. The Hall–Kier alpha value is -1.10. The van der Waals surface area contributed by atoms with Crippen molar-refractivity contribution in [3.05, 3.63) is 29.8 Å². The first kappa shape index (κ1) is 9.45. The fraction of sp³-hybridized carbons (Fsp3) is 0.444. The van der Waals surface area contributed by atoms with Crippen LogP contribution in [0, 0.1) is 5.82 Å². The molecule has 1 heterocycles. The quantitative estimate of drug-likeness (QED) is 0.754. The van der Waals surface area contributed by atoms with E-state index in [1.165, 1.54) is 18.3 Å². The average Bonchev–Trinajstić information content (AvgIpc) is 2.00. The van der Waals surface area contributed by atoms with Gasteiger partial charge in [-0.1, -0.05) is 0 Å². The van der Waals surface area contributed by atoms with E-state index in [9.17, 15) is 13.2 Å². The van der Waals surface area contributed by atoms with Crippen molar-refractivity contribution >= 4 is 0 Å². The third-order valence-electron chi connectivity index (χ3n) is 2.38. The first-order valence-corrected chi connectivity index (χ1v) is 4.21. The molecule has 2 N–H and O–H groups in total. The number of nitrogens with two attached hydrogens (primary N) is 1. The van der Waals surface area contributed by atoms with Crippen molar-refractivity contribution in [3.8, 4) is 0 Å². The van der Waals surface area contributed by atoms with Crippen molar-refractivity contribution < 1.29 is 13.2 Å². The van der Waals surface area contributed by atoms with Crippen LogP contribution in [-0.4, -0.2) is 10.9 Å². The topological polar surface area (TPSA) is 38.9 Å². The molecular weight excluding hydrogens is 193 g/mol. The van der Waals surface area contributed by atoms with E-state index in [0.717, 1.165) is 0 Å². The van der Waals surface area contributed by atoms with E-state index in [1.54, 1.807) is 0 Å². The van der Waals surface area contributed by atoms with Gasteiger partial charge in [-0.2, -0.15) is 0 Å². The molecule has 1 aromatic rings. The van der Waals surface area contributed by atoms with E-state index in [2.05, 4.69) is 4.98 Å². The van der Waals surface area contributed by atoms with Crippen LogP contribution in [0.2, 0.25) is 0 Å². The second-order valence-electron chi connectivity index (χ2n) is 3.70. The lowest BCUT2D eigenvalue weighted by Gasteiger charge is -2.43. The van der Waals surface area contributed by atoms with Crippen molar-refractivity contribution in [1.82, 2.24) is 4.98 Å². The fourth-order valence-corrected chi connectivity index (χ4v) is 1.79. The van der Waals surface area contributed by atoms with Crippen LogP contribution >= 0.6 is 0 Å². The molecule has 1 aromatic heterocycles. The summed E-state index contributed by atoms with van der Waals surface area (Å²) in [5.74, 6) is -3.40. The molecule has 0 aliphatic heterocycles. The highest BCUT2D eigenvalue weighted by Crippen LogP contribution is 2.49. The maximum atomic E-state index is 13.2. The minimum absolute atomic E-state index is 0.0640. The summed E-state index contributed by atoms with van der Waals surface area (Å²) in [5, 5.41) is 0. The van der Waals surface area contributed by atoms with Gasteiger partial charge in [0.05, 0.1) is 11.2 Å². The number of rotatable bonds is 1. The van der Waals surface area contributed by atoms with Gasteiger partial charge in [0, 0.05) is 19.0 Å². The number of aromatic nitrogens is 1. The van der Waals surface area contributed by atoms with E-state index in [0.29, 0.717) is 0 Å². The van der Waals surface area contributed by atoms with E-state index in [4.69, 9.17) is 5.73 Å². The molecule has 14 heavy (non-hydrogen) atoms. The summed E-state index contributed by atoms with van der Waals surface area (Å²) in [6, 6.07) is 2.58. The van der Waals surface area contributed by atoms with Gasteiger partial charge >= 0.3 is 0 Å². The van der Waals surface area contributed by atoms with Gasteiger partial charge in [-0.15, -0.1) is 0 Å². The van der Waals surface area contributed by atoms with Crippen LogP contribution < -0.4 is 5.73 Å². The van der Waals surface area contributed by atoms with E-state index < -0.39 is 30.1 Å². The Morgan fingerprint density at radius 2 is 2.00 bits per heavy atom. The third-order valence-corrected chi connectivity index (χ3v) is 2.38. The van der Waals surface area contributed by atoms with Gasteiger partial charge in [-0.05, 0) is 12.1 Å².